The minimum absolute atomic E-state index is 0.660. The van der Waals surface area contributed by atoms with Gasteiger partial charge in [0.25, 0.3) is 0 Å². The number of hydrogen-bond acceptors (Lipinski definition) is 1. The van der Waals surface area contributed by atoms with Crippen LogP contribution in [0.25, 0.3) is 0 Å². The van der Waals surface area contributed by atoms with Gasteiger partial charge >= 0.3 is 0 Å². The van der Waals surface area contributed by atoms with Crippen LogP contribution >= 0.6 is 9.24 Å². The van der Waals surface area contributed by atoms with E-state index in [4.69, 9.17) is 20.4 Å². The average Bonchev–Trinajstić information content (AvgIpc) is 1.85. The van der Waals surface area contributed by atoms with Gasteiger partial charge < -0.3 is 4.74 Å². The summed E-state index contributed by atoms with van der Waals surface area (Å²) >= 11 is 0. The predicted molar refractivity (Wildman–Crippen MR) is 51.0 cm³/mol. The van der Waals surface area contributed by atoms with Crippen molar-refractivity contribution in [2.75, 3.05) is 0 Å². The largest absolute Gasteiger partial charge is 0.503 e. The van der Waals surface area contributed by atoms with E-state index < -0.39 is 5.14 Å². The molecule has 11 heavy (non-hydrogen) atoms. The van der Waals surface area contributed by atoms with Crippen LogP contribution in [0.2, 0.25) is 0 Å². The van der Waals surface area contributed by atoms with Gasteiger partial charge in [-0.25, -0.2) is 0 Å². The molecule has 0 heterocycles. The first kappa shape index (κ1) is 8.67. The minimum Gasteiger partial charge on any atom is -0.503 e. The first-order valence-electron chi connectivity index (χ1n) is 3.18. The van der Waals surface area contributed by atoms with Gasteiger partial charge in [-0.15, -0.1) is 9.24 Å². The monoisotopic (exact) mass is 160 g/mol. The molecule has 1 unspecified atom stereocenters. The Labute approximate surface area is 71.5 Å². The lowest BCUT2D eigenvalue weighted by Crippen LogP contribution is -2.28. The Kier molecular flexibility index (Phi) is 2.62. The van der Waals surface area contributed by atoms with Crippen LogP contribution in [0, 0.1) is 0 Å². The van der Waals surface area contributed by atoms with E-state index in [-0.39, 0.29) is 0 Å². The summed E-state index contributed by atoms with van der Waals surface area (Å²) in [6.07, 6.45) is 0. The molecule has 52 valence electrons. The topological polar surface area (TPSA) is 9.23 Å². The fourth-order valence-electron chi connectivity index (χ4n) is 0.693. The Hall–Kier alpha value is -0.420. The van der Waals surface area contributed by atoms with Crippen LogP contribution in [-0.4, -0.2) is 20.8 Å². The lowest BCUT2D eigenvalue weighted by Gasteiger charge is -2.22. The summed E-state index contributed by atoms with van der Waals surface area (Å²) in [6, 6.07) is 9.18. The fourth-order valence-corrected chi connectivity index (χ4v) is 0.829. The number of benzene rings is 1. The average molecular weight is 160 g/mol. The van der Waals surface area contributed by atoms with Gasteiger partial charge in [-0.2, -0.15) is 0 Å². The molecule has 1 atom stereocenters. The van der Waals surface area contributed by atoms with Crippen molar-refractivity contribution in [3.8, 4) is 5.75 Å². The third-order valence-corrected chi connectivity index (χ3v) is 1.16. The highest BCUT2D eigenvalue weighted by Crippen LogP contribution is 2.17. The molecule has 0 aliphatic carbocycles. The van der Waals surface area contributed by atoms with Crippen molar-refractivity contribution in [2.45, 2.75) is 5.14 Å². The molecular weight excluding hydrogens is 153 g/mol. The van der Waals surface area contributed by atoms with Crippen LogP contribution in [0.15, 0.2) is 30.3 Å². The van der Waals surface area contributed by atoms with Gasteiger partial charge in [0, 0.05) is 5.14 Å². The number of rotatable bonds is 2. The summed E-state index contributed by atoms with van der Waals surface area (Å²) in [4.78, 5) is 0. The summed E-state index contributed by atoms with van der Waals surface area (Å²) in [5.74, 6) is 0.660. The molecule has 0 aliphatic rings. The van der Waals surface area contributed by atoms with Gasteiger partial charge in [0.15, 0.2) is 0 Å². The molecule has 0 amide bonds. The number of ether oxygens (including phenoxy) is 1. The van der Waals surface area contributed by atoms with Crippen molar-refractivity contribution in [1.29, 1.82) is 0 Å². The highest BCUT2D eigenvalue weighted by atomic mass is 31.0. The van der Waals surface area contributed by atoms with Crippen molar-refractivity contribution >= 4 is 24.9 Å². The highest BCUT2D eigenvalue weighted by molar-refractivity contribution is 7.25. The second kappa shape index (κ2) is 3.32. The lowest BCUT2D eigenvalue weighted by atomic mass is 9.80. The third-order valence-electron chi connectivity index (χ3n) is 1.04. The summed E-state index contributed by atoms with van der Waals surface area (Å²) in [5.41, 5.74) is 0. The summed E-state index contributed by atoms with van der Waals surface area (Å²) in [7, 11) is 13.0. The molecule has 0 aliphatic heterocycles. The molecule has 1 rings (SSSR count). The van der Waals surface area contributed by atoms with E-state index >= 15 is 0 Å². The van der Waals surface area contributed by atoms with Crippen LogP contribution in [-0.2, 0) is 0 Å². The van der Waals surface area contributed by atoms with Crippen molar-refractivity contribution in [2.24, 2.45) is 0 Å². The van der Waals surface area contributed by atoms with Gasteiger partial charge in [-0.3, -0.25) is 0 Å². The van der Waals surface area contributed by atoms with Crippen LogP contribution in [0.4, 0.5) is 0 Å². The molecule has 1 aromatic carbocycles. The number of para-hydroxylation sites is 1. The first-order chi connectivity index (χ1) is 5.08. The van der Waals surface area contributed by atoms with Gasteiger partial charge in [-0.05, 0) is 12.1 Å². The van der Waals surface area contributed by atoms with E-state index in [2.05, 4.69) is 9.24 Å². The van der Waals surface area contributed by atoms with Gasteiger partial charge in [0.2, 0.25) is 0 Å². The molecule has 0 spiro atoms. The Bertz CT molecular complexity index is 220. The Morgan fingerprint density at radius 3 is 2.18 bits per heavy atom. The molecule has 0 saturated carbocycles. The zero-order valence-corrected chi connectivity index (χ0v) is 7.18. The van der Waals surface area contributed by atoms with Crippen LogP contribution in [0.5, 0.6) is 5.75 Å². The second-order valence-electron chi connectivity index (χ2n) is 2.27. The maximum atomic E-state index is 5.39. The van der Waals surface area contributed by atoms with Gasteiger partial charge in [0.1, 0.15) is 21.4 Å². The van der Waals surface area contributed by atoms with E-state index in [1.54, 1.807) is 12.1 Å². The van der Waals surface area contributed by atoms with Crippen molar-refractivity contribution in [3.63, 3.8) is 0 Å². The molecule has 0 fully saturated rings. The smallest absolute Gasteiger partial charge is 0.122 e. The fraction of sp³-hybridized carbons (Fsp3) is 0.143. The summed E-state index contributed by atoms with van der Waals surface area (Å²) < 4.78 is 5.12. The molecule has 0 aromatic heterocycles. The highest BCUT2D eigenvalue weighted by Gasteiger charge is 2.09. The van der Waals surface area contributed by atoms with Crippen molar-refractivity contribution in [3.05, 3.63) is 30.3 Å². The molecule has 0 bridgehead atoms. The van der Waals surface area contributed by atoms with Crippen LogP contribution in [0.3, 0.4) is 0 Å². The first-order valence-corrected chi connectivity index (χ1v) is 3.76. The molecule has 4 radical (unpaired) electrons. The Balaban J connectivity index is 2.66. The van der Waals surface area contributed by atoms with Gasteiger partial charge in [0.05, 0.1) is 0 Å². The summed E-state index contributed by atoms with van der Waals surface area (Å²) in [5, 5.41) is -1.18. The van der Waals surface area contributed by atoms with Crippen molar-refractivity contribution in [1.82, 2.24) is 0 Å². The number of hydrogen-bond donors (Lipinski definition) is 0. The standard InChI is InChI=1S/C7H7B2OP/c8-7(9,11)10-6-4-2-1-3-5-6/h1-5H,11H2. The SMILES string of the molecule is [B]C([B])(P)Oc1ccccc1. The minimum atomic E-state index is -1.18. The normalized spacial score (nSPS) is 11.0. The molecule has 1 nitrogen and oxygen atoms in total. The van der Waals surface area contributed by atoms with E-state index in [9.17, 15) is 0 Å². The molecule has 0 N–H and O–H groups in total. The third kappa shape index (κ3) is 3.48. The zero-order chi connectivity index (χ0) is 8.32. The van der Waals surface area contributed by atoms with E-state index in [0.717, 1.165) is 0 Å². The predicted octanol–water partition coefficient (Wildman–Crippen LogP) is 0.889. The maximum absolute atomic E-state index is 5.39. The van der Waals surface area contributed by atoms with E-state index in [0.29, 0.717) is 5.75 Å². The van der Waals surface area contributed by atoms with E-state index in [1.165, 1.54) is 0 Å². The van der Waals surface area contributed by atoms with Crippen LogP contribution < -0.4 is 4.74 Å². The zero-order valence-electron chi connectivity index (χ0n) is 6.03. The molecular formula is C7H7B2OP. The molecule has 1 aromatic rings. The van der Waals surface area contributed by atoms with Gasteiger partial charge in [-0.1, -0.05) is 18.2 Å². The molecule has 4 heteroatoms. The second-order valence-corrected chi connectivity index (χ2v) is 3.17. The lowest BCUT2D eigenvalue weighted by molar-refractivity contribution is 0.325. The quantitative estimate of drug-likeness (QED) is 0.460. The van der Waals surface area contributed by atoms with Crippen LogP contribution in [0.1, 0.15) is 0 Å². The Morgan fingerprint density at radius 2 is 1.73 bits per heavy atom. The maximum Gasteiger partial charge on any atom is 0.122 e. The Morgan fingerprint density at radius 1 is 1.18 bits per heavy atom. The summed E-state index contributed by atoms with van der Waals surface area (Å²) in [6.45, 7) is 0. The van der Waals surface area contributed by atoms with Crippen molar-refractivity contribution < 1.29 is 4.74 Å². The van der Waals surface area contributed by atoms with E-state index in [1.807, 2.05) is 18.2 Å². The molecule has 0 saturated heterocycles.